The van der Waals surface area contributed by atoms with Gasteiger partial charge in [-0.3, -0.25) is 0 Å². The van der Waals surface area contributed by atoms with E-state index in [1.165, 1.54) is 42.5 Å². The minimum Gasteiger partial charge on any atom is -0.478 e. The minimum atomic E-state index is -1.21. The van der Waals surface area contributed by atoms with Gasteiger partial charge in [0.05, 0.1) is 11.3 Å². The zero-order valence-electron chi connectivity index (χ0n) is 10.8. The number of carboxylic acid groups (broad SMARTS) is 1. The van der Waals surface area contributed by atoms with Crippen molar-refractivity contribution >= 4 is 29.1 Å². The van der Waals surface area contributed by atoms with Crippen molar-refractivity contribution in [2.75, 3.05) is 16.4 Å². The molecule has 0 spiro atoms. The van der Waals surface area contributed by atoms with Crippen LogP contribution in [-0.4, -0.2) is 17.1 Å². The smallest absolute Gasteiger partial charge is 0.337 e. The summed E-state index contributed by atoms with van der Waals surface area (Å²) in [4.78, 5) is 22.9. The van der Waals surface area contributed by atoms with Crippen LogP contribution in [0.5, 0.6) is 0 Å². The molecule has 2 amide bonds. The van der Waals surface area contributed by atoms with E-state index in [-0.39, 0.29) is 16.9 Å². The molecular weight excluding hydrogens is 277 g/mol. The van der Waals surface area contributed by atoms with Crippen molar-refractivity contribution in [1.29, 1.82) is 0 Å². The minimum absolute atomic E-state index is 0.108. The van der Waals surface area contributed by atoms with E-state index in [1.54, 1.807) is 0 Å². The zero-order valence-corrected chi connectivity index (χ0v) is 10.8. The number of nitrogen functional groups attached to an aromatic ring is 1. The van der Waals surface area contributed by atoms with Gasteiger partial charge < -0.3 is 21.5 Å². The van der Waals surface area contributed by atoms with Gasteiger partial charge in [-0.25, -0.2) is 14.0 Å². The Morgan fingerprint density at radius 2 is 1.71 bits per heavy atom. The SMILES string of the molecule is Nc1ccc(NC(=O)Nc2ccc(F)cc2)c(C(=O)O)c1. The van der Waals surface area contributed by atoms with Crippen molar-refractivity contribution in [3.05, 3.63) is 53.8 Å². The fourth-order valence-electron chi connectivity index (χ4n) is 1.67. The third-order valence-corrected chi connectivity index (χ3v) is 2.62. The van der Waals surface area contributed by atoms with Crippen LogP contribution >= 0.6 is 0 Å². The first kappa shape index (κ1) is 14.3. The molecule has 0 saturated carbocycles. The molecule has 2 aromatic carbocycles. The number of rotatable bonds is 3. The van der Waals surface area contributed by atoms with Crippen molar-refractivity contribution in [1.82, 2.24) is 0 Å². The molecule has 0 aliphatic carbocycles. The molecule has 2 rings (SSSR count). The first-order chi connectivity index (χ1) is 9.95. The van der Waals surface area contributed by atoms with E-state index in [1.807, 2.05) is 0 Å². The average Bonchev–Trinajstić information content (AvgIpc) is 2.43. The number of carboxylic acids is 1. The Morgan fingerprint density at radius 3 is 2.33 bits per heavy atom. The summed E-state index contributed by atoms with van der Waals surface area (Å²) in [6.45, 7) is 0. The Kier molecular flexibility index (Phi) is 4.03. The molecular formula is C14H12FN3O3. The topological polar surface area (TPSA) is 104 Å². The number of carbonyl (C=O) groups is 2. The van der Waals surface area contributed by atoms with Crippen molar-refractivity contribution in [3.63, 3.8) is 0 Å². The van der Waals surface area contributed by atoms with Crippen LogP contribution in [-0.2, 0) is 0 Å². The standard InChI is InChI=1S/C14H12FN3O3/c15-8-1-4-10(5-2-8)17-14(21)18-12-6-3-9(16)7-11(12)13(19)20/h1-7H,16H2,(H,19,20)(H2,17,18,21). The Labute approximate surface area is 119 Å². The fourth-order valence-corrected chi connectivity index (χ4v) is 1.67. The number of halogens is 1. The number of benzene rings is 2. The van der Waals surface area contributed by atoms with Crippen LogP contribution < -0.4 is 16.4 Å². The summed E-state index contributed by atoms with van der Waals surface area (Å²) in [5.74, 6) is -1.63. The number of urea groups is 1. The van der Waals surface area contributed by atoms with Crippen LogP contribution in [0.2, 0.25) is 0 Å². The summed E-state index contributed by atoms with van der Waals surface area (Å²) in [7, 11) is 0. The zero-order chi connectivity index (χ0) is 15.4. The molecule has 0 atom stereocenters. The Morgan fingerprint density at radius 1 is 1.05 bits per heavy atom. The maximum absolute atomic E-state index is 12.7. The van der Waals surface area contributed by atoms with E-state index in [0.29, 0.717) is 5.69 Å². The first-order valence-electron chi connectivity index (χ1n) is 5.92. The van der Waals surface area contributed by atoms with Gasteiger partial charge in [0.15, 0.2) is 0 Å². The van der Waals surface area contributed by atoms with Gasteiger partial charge in [-0.05, 0) is 42.5 Å². The molecule has 0 unspecified atom stereocenters. The molecule has 0 bridgehead atoms. The summed E-state index contributed by atoms with van der Waals surface area (Å²) < 4.78 is 12.7. The van der Waals surface area contributed by atoms with Gasteiger partial charge in [0.1, 0.15) is 5.82 Å². The van der Waals surface area contributed by atoms with Crippen LogP contribution in [0.25, 0.3) is 0 Å². The molecule has 0 aliphatic heterocycles. The molecule has 0 fully saturated rings. The summed E-state index contributed by atoms with van der Waals surface area (Å²) in [6.07, 6.45) is 0. The van der Waals surface area contributed by atoms with Gasteiger partial charge in [-0.15, -0.1) is 0 Å². The average molecular weight is 289 g/mol. The van der Waals surface area contributed by atoms with Crippen molar-refractivity contribution in [3.8, 4) is 0 Å². The normalized spacial score (nSPS) is 9.95. The van der Waals surface area contributed by atoms with E-state index in [9.17, 15) is 14.0 Å². The van der Waals surface area contributed by atoms with E-state index in [4.69, 9.17) is 10.8 Å². The van der Waals surface area contributed by atoms with Gasteiger partial charge in [0.2, 0.25) is 0 Å². The van der Waals surface area contributed by atoms with Crippen LogP contribution in [0.3, 0.4) is 0 Å². The molecule has 0 radical (unpaired) electrons. The number of hydrogen-bond donors (Lipinski definition) is 4. The second kappa shape index (κ2) is 5.91. The number of nitrogens with two attached hydrogens (primary N) is 1. The molecule has 5 N–H and O–H groups in total. The third kappa shape index (κ3) is 3.69. The predicted molar refractivity (Wildman–Crippen MR) is 76.9 cm³/mol. The van der Waals surface area contributed by atoms with Crippen LogP contribution in [0.4, 0.5) is 26.2 Å². The summed E-state index contributed by atoms with van der Waals surface area (Å²) in [5, 5.41) is 13.9. The third-order valence-electron chi connectivity index (χ3n) is 2.62. The maximum Gasteiger partial charge on any atom is 0.337 e. The number of amides is 2. The number of aromatic carboxylic acids is 1. The molecule has 6 nitrogen and oxygen atoms in total. The van der Waals surface area contributed by atoms with Crippen LogP contribution in [0.1, 0.15) is 10.4 Å². The molecule has 108 valence electrons. The number of hydrogen-bond acceptors (Lipinski definition) is 3. The van der Waals surface area contributed by atoms with Crippen LogP contribution in [0.15, 0.2) is 42.5 Å². The monoisotopic (exact) mass is 289 g/mol. The van der Waals surface area contributed by atoms with Crippen LogP contribution in [0, 0.1) is 5.82 Å². The lowest BCUT2D eigenvalue weighted by Gasteiger charge is -2.10. The predicted octanol–water partition coefficient (Wildman–Crippen LogP) is 2.75. The quantitative estimate of drug-likeness (QED) is 0.652. The van der Waals surface area contributed by atoms with E-state index < -0.39 is 17.8 Å². The lowest BCUT2D eigenvalue weighted by atomic mass is 10.1. The van der Waals surface area contributed by atoms with Crippen molar-refractivity contribution in [2.24, 2.45) is 0 Å². The van der Waals surface area contributed by atoms with Crippen molar-refractivity contribution in [2.45, 2.75) is 0 Å². The molecule has 0 saturated heterocycles. The number of carbonyl (C=O) groups excluding carboxylic acids is 1. The van der Waals surface area contributed by atoms with Gasteiger partial charge >= 0.3 is 12.0 Å². The largest absolute Gasteiger partial charge is 0.478 e. The summed E-state index contributed by atoms with van der Waals surface area (Å²) >= 11 is 0. The highest BCUT2D eigenvalue weighted by atomic mass is 19.1. The summed E-state index contributed by atoms with van der Waals surface area (Å²) in [5.41, 5.74) is 6.14. The lowest BCUT2D eigenvalue weighted by Crippen LogP contribution is -2.21. The maximum atomic E-state index is 12.7. The molecule has 0 aromatic heterocycles. The van der Waals surface area contributed by atoms with E-state index in [0.717, 1.165) is 0 Å². The van der Waals surface area contributed by atoms with Gasteiger partial charge in [0.25, 0.3) is 0 Å². The molecule has 7 heteroatoms. The molecule has 0 aliphatic rings. The number of anilines is 3. The molecule has 2 aromatic rings. The second-order valence-corrected chi connectivity index (χ2v) is 4.20. The first-order valence-corrected chi connectivity index (χ1v) is 5.92. The highest BCUT2D eigenvalue weighted by molar-refractivity contribution is 6.05. The fraction of sp³-hybridized carbons (Fsp3) is 0. The number of nitrogens with one attached hydrogen (secondary N) is 2. The Hall–Kier alpha value is -3.09. The summed E-state index contributed by atoms with van der Waals surface area (Å²) in [6, 6.07) is 8.63. The molecule has 0 heterocycles. The lowest BCUT2D eigenvalue weighted by molar-refractivity contribution is 0.0698. The Bertz CT molecular complexity index is 686. The highest BCUT2D eigenvalue weighted by Gasteiger charge is 2.13. The van der Waals surface area contributed by atoms with Gasteiger partial charge in [-0.1, -0.05) is 0 Å². The van der Waals surface area contributed by atoms with Gasteiger partial charge in [-0.2, -0.15) is 0 Å². The second-order valence-electron chi connectivity index (χ2n) is 4.20. The van der Waals surface area contributed by atoms with Crippen molar-refractivity contribution < 1.29 is 19.1 Å². The van der Waals surface area contributed by atoms with E-state index in [2.05, 4.69) is 10.6 Å². The van der Waals surface area contributed by atoms with Gasteiger partial charge in [0, 0.05) is 11.4 Å². The molecule has 21 heavy (non-hydrogen) atoms. The Balaban J connectivity index is 2.12. The highest BCUT2D eigenvalue weighted by Crippen LogP contribution is 2.19. The van der Waals surface area contributed by atoms with E-state index >= 15 is 0 Å².